The molecule has 3 atom stereocenters. The number of piperidine rings is 1. The van der Waals surface area contributed by atoms with E-state index in [1.165, 1.54) is 0 Å². The average Bonchev–Trinajstić information content (AvgIpc) is 3.49. The fourth-order valence-corrected chi connectivity index (χ4v) is 8.10. The molecule has 0 spiro atoms. The van der Waals surface area contributed by atoms with Crippen molar-refractivity contribution in [3.8, 4) is 28.0 Å². The van der Waals surface area contributed by atoms with Gasteiger partial charge in [0.1, 0.15) is 17.7 Å². The lowest BCUT2D eigenvalue weighted by atomic mass is 9.94. The van der Waals surface area contributed by atoms with E-state index in [0.717, 1.165) is 49.7 Å². The zero-order valence-corrected chi connectivity index (χ0v) is 28.9. The van der Waals surface area contributed by atoms with Gasteiger partial charge in [-0.1, -0.05) is 37.6 Å². The van der Waals surface area contributed by atoms with Crippen LogP contribution in [-0.2, 0) is 11.2 Å². The van der Waals surface area contributed by atoms with Crippen LogP contribution in [0.3, 0.4) is 0 Å². The molecule has 3 aliphatic rings. The van der Waals surface area contributed by atoms with Crippen LogP contribution in [0, 0.1) is 5.95 Å². The molecule has 2 saturated heterocycles. The third-order valence-corrected chi connectivity index (χ3v) is 11.1. The van der Waals surface area contributed by atoms with E-state index in [1.807, 2.05) is 41.3 Å². The van der Waals surface area contributed by atoms with Gasteiger partial charge >= 0.3 is 6.03 Å². The minimum atomic E-state index is -0.655. The molecule has 12 heteroatoms. The third kappa shape index (κ3) is 7.95. The molecule has 0 saturated carbocycles. The molecule has 0 bridgehead atoms. The minimum absolute atomic E-state index is 0.00778. The number of benzene rings is 2. The number of halogens is 1. The highest BCUT2D eigenvalue weighted by Crippen LogP contribution is 2.34. The van der Waals surface area contributed by atoms with Gasteiger partial charge in [0.15, 0.2) is 0 Å². The summed E-state index contributed by atoms with van der Waals surface area (Å²) < 4.78 is 21.3. The quantitative estimate of drug-likeness (QED) is 0.145. The van der Waals surface area contributed by atoms with Gasteiger partial charge in [0.2, 0.25) is 11.9 Å². The standard InChI is InChI=1S/C37H45FN6O4S/c1-3-30-33(42-37(47)41-30)31(49-2)6-4-5-7-32(45)44-18-15-26(16-19-44)48-25-11-8-22(9-12-25)28-21-29(35(39)43-34(28)38)23-10-13-27-24(20-23)14-17-40-36(27)46/h8-13,20-21,26,30-31,33H,3-7,14-19H2,1-2H3,(H2,39,43)(H,40,46)(H2,41,42,47)/t30?,31-,33-/m0/s1. The lowest BCUT2D eigenvalue weighted by Crippen LogP contribution is -2.42. The Morgan fingerprint density at radius 2 is 1.80 bits per heavy atom. The molecule has 1 aromatic heterocycles. The Morgan fingerprint density at radius 3 is 2.53 bits per heavy atom. The van der Waals surface area contributed by atoms with Crippen LogP contribution in [0.25, 0.3) is 22.3 Å². The van der Waals surface area contributed by atoms with Crippen molar-refractivity contribution in [2.75, 3.05) is 31.6 Å². The van der Waals surface area contributed by atoms with Gasteiger partial charge in [0, 0.05) is 60.8 Å². The lowest BCUT2D eigenvalue weighted by Gasteiger charge is -2.32. The number of thioether (sulfide) groups is 1. The number of fused-ring (bicyclic) bond motifs is 1. The van der Waals surface area contributed by atoms with E-state index in [1.54, 1.807) is 23.9 Å². The molecule has 0 aliphatic carbocycles. The molecule has 2 fully saturated rings. The van der Waals surface area contributed by atoms with Crippen LogP contribution in [0.2, 0.25) is 0 Å². The van der Waals surface area contributed by atoms with Crippen LogP contribution in [-0.4, -0.2) is 77.1 Å². The van der Waals surface area contributed by atoms with Crippen LogP contribution in [0.15, 0.2) is 48.5 Å². The second kappa shape index (κ2) is 15.5. The number of pyridine rings is 1. The van der Waals surface area contributed by atoms with E-state index in [-0.39, 0.29) is 41.9 Å². The molecule has 2 aromatic carbocycles. The molecular formula is C37H45FN6O4S. The highest BCUT2D eigenvalue weighted by molar-refractivity contribution is 7.99. The number of carbonyl (C=O) groups excluding carboxylic acids is 3. The number of carbonyl (C=O) groups is 3. The van der Waals surface area contributed by atoms with E-state index in [0.29, 0.717) is 65.7 Å². The Kier molecular flexibility index (Phi) is 10.9. The number of amides is 4. The summed E-state index contributed by atoms with van der Waals surface area (Å²) in [6.45, 7) is 3.98. The number of nitrogens with zero attached hydrogens (tertiary/aromatic N) is 2. The smallest absolute Gasteiger partial charge is 0.315 e. The number of nitrogens with one attached hydrogen (secondary N) is 3. The maximum atomic E-state index is 15.1. The molecule has 3 aromatic rings. The van der Waals surface area contributed by atoms with Crippen molar-refractivity contribution < 1.29 is 23.5 Å². The molecule has 4 amide bonds. The second-order valence-corrected chi connectivity index (χ2v) is 14.1. The Labute approximate surface area is 291 Å². The van der Waals surface area contributed by atoms with E-state index in [4.69, 9.17) is 10.5 Å². The zero-order valence-electron chi connectivity index (χ0n) is 28.1. The Balaban J connectivity index is 0.984. The molecule has 6 rings (SSSR count). The lowest BCUT2D eigenvalue weighted by molar-refractivity contribution is -0.133. The molecule has 0 radical (unpaired) electrons. The number of hydrogen-bond acceptors (Lipinski definition) is 7. The fourth-order valence-electron chi connectivity index (χ4n) is 7.15. The number of urea groups is 1. The summed E-state index contributed by atoms with van der Waals surface area (Å²) in [5.41, 5.74) is 10.1. The summed E-state index contributed by atoms with van der Waals surface area (Å²) in [5, 5.41) is 9.24. The van der Waals surface area contributed by atoms with Crippen molar-refractivity contribution >= 4 is 35.4 Å². The molecule has 10 nitrogen and oxygen atoms in total. The summed E-state index contributed by atoms with van der Waals surface area (Å²) in [4.78, 5) is 42.9. The molecule has 5 N–H and O–H groups in total. The molecule has 260 valence electrons. The first-order valence-corrected chi connectivity index (χ1v) is 18.5. The van der Waals surface area contributed by atoms with Crippen molar-refractivity contribution in [3.05, 3.63) is 65.6 Å². The summed E-state index contributed by atoms with van der Waals surface area (Å²) in [6, 6.07) is 14.7. The van der Waals surface area contributed by atoms with Gasteiger partial charge in [0.25, 0.3) is 5.91 Å². The monoisotopic (exact) mass is 688 g/mol. The fraction of sp³-hybridized carbons (Fsp3) is 0.459. The van der Waals surface area contributed by atoms with Crippen molar-refractivity contribution in [1.82, 2.24) is 25.8 Å². The summed E-state index contributed by atoms with van der Waals surface area (Å²) in [6.07, 6.45) is 8.46. The van der Waals surface area contributed by atoms with Crippen molar-refractivity contribution in [2.24, 2.45) is 0 Å². The van der Waals surface area contributed by atoms with Crippen molar-refractivity contribution in [1.29, 1.82) is 0 Å². The first-order chi connectivity index (χ1) is 23.7. The van der Waals surface area contributed by atoms with Crippen LogP contribution in [0.1, 0.15) is 67.8 Å². The number of nitrogens with two attached hydrogens (primary N) is 1. The van der Waals surface area contributed by atoms with Gasteiger partial charge in [-0.3, -0.25) is 9.59 Å². The number of likely N-dealkylation sites (tertiary alicyclic amines) is 1. The number of rotatable bonds is 12. The Morgan fingerprint density at radius 1 is 1.04 bits per heavy atom. The first kappa shape index (κ1) is 34.5. The highest BCUT2D eigenvalue weighted by Gasteiger charge is 2.35. The molecule has 1 unspecified atom stereocenters. The van der Waals surface area contributed by atoms with Crippen LogP contribution >= 0.6 is 11.8 Å². The average molecular weight is 689 g/mol. The number of ether oxygens (including phenoxy) is 1. The Hall–Kier alpha value is -4.32. The molecular weight excluding hydrogens is 644 g/mol. The third-order valence-electron chi connectivity index (χ3n) is 9.93. The number of nitrogen functional groups attached to an aromatic ring is 1. The predicted molar refractivity (Wildman–Crippen MR) is 191 cm³/mol. The summed E-state index contributed by atoms with van der Waals surface area (Å²) in [5.74, 6) is 0.216. The minimum Gasteiger partial charge on any atom is -0.490 e. The number of anilines is 1. The highest BCUT2D eigenvalue weighted by atomic mass is 32.2. The van der Waals surface area contributed by atoms with Gasteiger partial charge < -0.3 is 31.3 Å². The zero-order chi connectivity index (χ0) is 34.5. The van der Waals surface area contributed by atoms with Crippen molar-refractivity contribution in [2.45, 2.75) is 81.7 Å². The van der Waals surface area contributed by atoms with E-state index in [9.17, 15) is 14.4 Å². The van der Waals surface area contributed by atoms with Gasteiger partial charge in [0.05, 0.1) is 12.1 Å². The number of hydrogen-bond donors (Lipinski definition) is 4. The maximum absolute atomic E-state index is 15.1. The molecule has 3 aliphatic heterocycles. The van der Waals surface area contributed by atoms with Crippen LogP contribution in [0.4, 0.5) is 15.0 Å². The van der Waals surface area contributed by atoms with E-state index < -0.39 is 5.95 Å². The SMILES string of the molecule is CCC1NC(=O)N[C@@H]1[C@H](CCCCC(=O)N1CCC(Oc2ccc(-c3cc(-c4ccc5c(c4)CCNC5=O)c(N)nc3F)cc2)CC1)SC. The van der Waals surface area contributed by atoms with Crippen LogP contribution < -0.4 is 26.4 Å². The normalized spacial score (nSPS) is 19.9. The van der Waals surface area contributed by atoms with Gasteiger partial charge in [-0.2, -0.15) is 16.2 Å². The van der Waals surface area contributed by atoms with Crippen LogP contribution in [0.5, 0.6) is 5.75 Å². The predicted octanol–water partition coefficient (Wildman–Crippen LogP) is 5.54. The Bertz CT molecular complexity index is 1680. The van der Waals surface area contributed by atoms with Gasteiger partial charge in [-0.15, -0.1) is 0 Å². The first-order valence-electron chi connectivity index (χ1n) is 17.3. The molecule has 4 heterocycles. The van der Waals surface area contributed by atoms with E-state index in [2.05, 4.69) is 34.1 Å². The van der Waals surface area contributed by atoms with Crippen molar-refractivity contribution in [3.63, 3.8) is 0 Å². The summed E-state index contributed by atoms with van der Waals surface area (Å²) >= 11 is 1.78. The summed E-state index contributed by atoms with van der Waals surface area (Å²) in [7, 11) is 0. The second-order valence-electron chi connectivity index (χ2n) is 13.0. The largest absolute Gasteiger partial charge is 0.490 e. The molecule has 49 heavy (non-hydrogen) atoms. The topological polar surface area (TPSA) is 139 Å². The van der Waals surface area contributed by atoms with Gasteiger partial charge in [-0.05, 0) is 72.9 Å². The maximum Gasteiger partial charge on any atom is 0.315 e. The van der Waals surface area contributed by atoms with E-state index >= 15 is 4.39 Å². The number of aromatic nitrogens is 1. The van der Waals surface area contributed by atoms with Gasteiger partial charge in [-0.25, -0.2) is 9.78 Å². The number of unbranched alkanes of at least 4 members (excludes halogenated alkanes) is 1.